The molecule has 0 saturated carbocycles. The number of nitrogens with two attached hydrogens (primary N) is 1. The zero-order chi connectivity index (χ0) is 18.9. The van der Waals surface area contributed by atoms with Crippen molar-refractivity contribution in [2.75, 3.05) is 18.6 Å². The van der Waals surface area contributed by atoms with Gasteiger partial charge in [-0.05, 0) is 30.4 Å². The highest BCUT2D eigenvalue weighted by Crippen LogP contribution is 2.34. The Morgan fingerprint density at radius 1 is 1.38 bits per heavy atom. The molecule has 1 atom stereocenters. The van der Waals surface area contributed by atoms with E-state index in [9.17, 15) is 18.0 Å². The summed E-state index contributed by atoms with van der Waals surface area (Å²) < 4.78 is 38.4. The second-order valence-electron chi connectivity index (χ2n) is 6.07. The molecule has 0 bridgehead atoms. The monoisotopic (exact) mass is 385 g/mol. The molecule has 1 heterocycles. The molecule has 1 unspecified atom stereocenters. The van der Waals surface area contributed by atoms with Crippen LogP contribution in [0.5, 0.6) is 0 Å². The van der Waals surface area contributed by atoms with E-state index in [0.717, 1.165) is 36.6 Å². The van der Waals surface area contributed by atoms with Gasteiger partial charge in [-0.1, -0.05) is 36.0 Å². The molecule has 2 N–H and O–H groups in total. The Morgan fingerprint density at radius 3 is 2.81 bits per heavy atom. The van der Waals surface area contributed by atoms with E-state index in [-0.39, 0.29) is 22.9 Å². The van der Waals surface area contributed by atoms with Crippen molar-refractivity contribution in [2.45, 2.75) is 36.6 Å². The topological polar surface area (TPSA) is 77.0 Å². The maximum atomic E-state index is 12.7. The molecular formula is C16H18F3N5OS. The SMILES string of the molecule is CN(C(=O)CSc1nnc(C(F)(F)F)n1N)C1CCCc2ccccc21. The van der Waals surface area contributed by atoms with Gasteiger partial charge in [-0.15, -0.1) is 10.2 Å². The third-order valence-electron chi connectivity index (χ3n) is 4.44. The Morgan fingerprint density at radius 2 is 2.12 bits per heavy atom. The number of hydrogen-bond acceptors (Lipinski definition) is 5. The minimum Gasteiger partial charge on any atom is -0.338 e. The van der Waals surface area contributed by atoms with E-state index in [2.05, 4.69) is 16.3 Å². The van der Waals surface area contributed by atoms with E-state index in [4.69, 9.17) is 5.84 Å². The van der Waals surface area contributed by atoms with Crippen molar-refractivity contribution in [2.24, 2.45) is 0 Å². The zero-order valence-corrected chi connectivity index (χ0v) is 14.8. The first-order valence-electron chi connectivity index (χ1n) is 8.03. The van der Waals surface area contributed by atoms with Gasteiger partial charge in [0.2, 0.25) is 11.1 Å². The van der Waals surface area contributed by atoms with Gasteiger partial charge in [0.25, 0.3) is 5.82 Å². The highest BCUT2D eigenvalue weighted by Gasteiger charge is 2.38. The number of halogens is 3. The van der Waals surface area contributed by atoms with Crippen LogP contribution in [0.1, 0.15) is 35.8 Å². The van der Waals surface area contributed by atoms with Crippen molar-refractivity contribution in [3.05, 3.63) is 41.2 Å². The van der Waals surface area contributed by atoms with Crippen LogP contribution in [-0.2, 0) is 17.4 Å². The van der Waals surface area contributed by atoms with Gasteiger partial charge in [0.1, 0.15) is 0 Å². The molecule has 26 heavy (non-hydrogen) atoms. The molecule has 10 heteroatoms. The van der Waals surface area contributed by atoms with Crippen molar-refractivity contribution < 1.29 is 18.0 Å². The molecule has 0 spiro atoms. The molecule has 0 saturated heterocycles. The van der Waals surface area contributed by atoms with Crippen LogP contribution >= 0.6 is 11.8 Å². The van der Waals surface area contributed by atoms with E-state index < -0.39 is 12.0 Å². The number of aromatic nitrogens is 3. The first-order chi connectivity index (χ1) is 12.3. The maximum Gasteiger partial charge on any atom is 0.453 e. The molecule has 2 aromatic rings. The molecule has 1 aliphatic carbocycles. The van der Waals surface area contributed by atoms with E-state index >= 15 is 0 Å². The quantitative estimate of drug-likeness (QED) is 0.647. The van der Waals surface area contributed by atoms with E-state index in [0.29, 0.717) is 4.68 Å². The van der Waals surface area contributed by atoms with Crippen molar-refractivity contribution in [1.29, 1.82) is 0 Å². The number of hydrogen-bond donors (Lipinski definition) is 1. The van der Waals surface area contributed by atoms with Gasteiger partial charge in [-0.25, -0.2) is 4.68 Å². The first kappa shape index (κ1) is 18.6. The summed E-state index contributed by atoms with van der Waals surface area (Å²) in [5.74, 6) is 3.83. The average Bonchev–Trinajstić information content (AvgIpc) is 2.99. The second-order valence-corrected chi connectivity index (χ2v) is 7.02. The molecule has 6 nitrogen and oxygen atoms in total. The van der Waals surface area contributed by atoms with Crippen molar-refractivity contribution >= 4 is 17.7 Å². The number of nitrogen functional groups attached to an aromatic ring is 1. The Balaban J connectivity index is 1.67. The third kappa shape index (κ3) is 3.64. The maximum absolute atomic E-state index is 12.7. The summed E-state index contributed by atoms with van der Waals surface area (Å²) >= 11 is 0.839. The Labute approximate surface area is 152 Å². The van der Waals surface area contributed by atoms with Crippen LogP contribution in [-0.4, -0.2) is 38.5 Å². The number of alkyl halides is 3. The van der Waals surface area contributed by atoms with Crippen LogP contribution in [0, 0.1) is 0 Å². The number of carbonyl (C=O) groups excluding carboxylic acids is 1. The third-order valence-corrected chi connectivity index (χ3v) is 5.37. The normalized spacial score (nSPS) is 17.0. The van der Waals surface area contributed by atoms with E-state index in [1.165, 1.54) is 5.56 Å². The largest absolute Gasteiger partial charge is 0.453 e. The van der Waals surface area contributed by atoms with Crippen LogP contribution in [0.3, 0.4) is 0 Å². The summed E-state index contributed by atoms with van der Waals surface area (Å²) in [6.45, 7) is 0. The molecule has 3 rings (SSSR count). The number of aryl methyl sites for hydroxylation is 1. The lowest BCUT2D eigenvalue weighted by Crippen LogP contribution is -2.34. The van der Waals surface area contributed by atoms with Gasteiger partial charge >= 0.3 is 6.18 Å². The first-order valence-corrected chi connectivity index (χ1v) is 9.01. The summed E-state index contributed by atoms with van der Waals surface area (Å²) in [6, 6.07) is 7.96. The summed E-state index contributed by atoms with van der Waals surface area (Å²) in [6.07, 6.45) is -1.86. The van der Waals surface area contributed by atoms with E-state index in [1.807, 2.05) is 18.2 Å². The lowest BCUT2D eigenvalue weighted by molar-refractivity contribution is -0.146. The Hall–Kier alpha value is -2.23. The molecule has 140 valence electrons. The fraction of sp³-hybridized carbons (Fsp3) is 0.438. The van der Waals surface area contributed by atoms with Crippen LogP contribution in [0.25, 0.3) is 0 Å². The number of benzene rings is 1. The van der Waals surface area contributed by atoms with Crippen LogP contribution in [0.4, 0.5) is 13.2 Å². The lowest BCUT2D eigenvalue weighted by Gasteiger charge is -2.33. The van der Waals surface area contributed by atoms with Gasteiger partial charge in [0.05, 0.1) is 11.8 Å². The number of nitrogens with zero attached hydrogens (tertiary/aromatic N) is 4. The number of carbonyl (C=O) groups is 1. The number of rotatable bonds is 4. The second kappa shape index (κ2) is 7.18. The highest BCUT2D eigenvalue weighted by molar-refractivity contribution is 7.99. The van der Waals surface area contributed by atoms with Gasteiger partial charge in [-0.3, -0.25) is 4.79 Å². The lowest BCUT2D eigenvalue weighted by atomic mass is 9.87. The summed E-state index contributed by atoms with van der Waals surface area (Å²) in [5.41, 5.74) is 2.36. The fourth-order valence-electron chi connectivity index (χ4n) is 3.10. The molecule has 1 aromatic carbocycles. The van der Waals surface area contributed by atoms with Crippen molar-refractivity contribution in [3.8, 4) is 0 Å². The minimum atomic E-state index is -4.69. The molecule has 1 aromatic heterocycles. The van der Waals surface area contributed by atoms with Crippen LogP contribution < -0.4 is 5.84 Å². The summed E-state index contributed by atoms with van der Waals surface area (Å²) in [5, 5.41) is 6.32. The molecular weight excluding hydrogens is 367 g/mol. The zero-order valence-electron chi connectivity index (χ0n) is 14.0. The van der Waals surface area contributed by atoms with Crippen molar-refractivity contribution in [3.63, 3.8) is 0 Å². The van der Waals surface area contributed by atoms with E-state index in [1.54, 1.807) is 11.9 Å². The summed E-state index contributed by atoms with van der Waals surface area (Å²) in [7, 11) is 1.71. The van der Waals surface area contributed by atoms with Crippen molar-refractivity contribution in [1.82, 2.24) is 19.8 Å². The average molecular weight is 385 g/mol. The Bertz CT molecular complexity index is 807. The smallest absolute Gasteiger partial charge is 0.338 e. The minimum absolute atomic E-state index is 0.0328. The summed E-state index contributed by atoms with van der Waals surface area (Å²) in [4.78, 5) is 14.2. The van der Waals surface area contributed by atoms with Crippen LogP contribution in [0.15, 0.2) is 29.4 Å². The molecule has 1 amide bonds. The van der Waals surface area contributed by atoms with Gasteiger partial charge in [0.15, 0.2) is 0 Å². The molecule has 1 aliphatic rings. The molecule has 0 aliphatic heterocycles. The fourth-order valence-corrected chi connectivity index (χ4v) is 3.88. The molecule has 0 radical (unpaired) electrons. The number of thioether (sulfide) groups is 1. The highest BCUT2D eigenvalue weighted by atomic mass is 32.2. The predicted molar refractivity (Wildman–Crippen MR) is 90.8 cm³/mol. The molecule has 0 fully saturated rings. The van der Waals surface area contributed by atoms with Gasteiger partial charge in [-0.2, -0.15) is 13.2 Å². The van der Waals surface area contributed by atoms with Gasteiger partial charge in [0, 0.05) is 7.05 Å². The number of amides is 1. The number of fused-ring (bicyclic) bond motifs is 1. The Kier molecular flexibility index (Phi) is 5.12. The van der Waals surface area contributed by atoms with Gasteiger partial charge < -0.3 is 10.7 Å². The van der Waals surface area contributed by atoms with Crippen LogP contribution in [0.2, 0.25) is 0 Å². The predicted octanol–water partition coefficient (Wildman–Crippen LogP) is 2.64. The standard InChI is InChI=1S/C16H18F3N5OS/c1-23(12-8-4-6-10-5-2-3-7-11(10)12)13(25)9-26-15-22-21-14(24(15)20)16(17,18)19/h2-3,5,7,12H,4,6,8-9,20H2,1H3.